The largest absolute Gasteiger partial charge is 0.450 e. The number of carbonyl (C=O) groups excluding carboxylic acids is 2. The van der Waals surface area contributed by atoms with Gasteiger partial charge in [0.05, 0.1) is 6.61 Å². The first kappa shape index (κ1) is 18.6. The predicted molar refractivity (Wildman–Crippen MR) is 97.4 cm³/mol. The third-order valence-electron chi connectivity index (χ3n) is 4.09. The molecule has 0 bridgehead atoms. The lowest BCUT2D eigenvalue weighted by Gasteiger charge is -2.31. The van der Waals surface area contributed by atoms with Crippen molar-refractivity contribution in [3.05, 3.63) is 27.7 Å². The van der Waals surface area contributed by atoms with Gasteiger partial charge in [0.1, 0.15) is 0 Å². The molecule has 0 saturated carbocycles. The molecule has 7 heteroatoms. The van der Waals surface area contributed by atoms with E-state index in [-0.39, 0.29) is 18.2 Å². The molecule has 1 aromatic carbocycles. The number of amides is 3. The summed E-state index contributed by atoms with van der Waals surface area (Å²) in [6.45, 7) is 7.30. The normalized spacial score (nSPS) is 15.1. The Labute approximate surface area is 151 Å². The highest BCUT2D eigenvalue weighted by Gasteiger charge is 2.24. The molecular weight excluding hydrogens is 374 g/mol. The Morgan fingerprint density at radius 3 is 2.38 bits per heavy atom. The fraction of sp³-hybridized carbons (Fsp3) is 0.529. The molecule has 0 atom stereocenters. The minimum Gasteiger partial charge on any atom is -0.450 e. The smallest absolute Gasteiger partial charge is 0.409 e. The summed E-state index contributed by atoms with van der Waals surface area (Å²) in [6.07, 6.45) is 1.18. The highest BCUT2D eigenvalue weighted by molar-refractivity contribution is 9.10. The van der Waals surface area contributed by atoms with Crippen molar-refractivity contribution in [2.75, 3.05) is 25.0 Å². The van der Waals surface area contributed by atoms with E-state index >= 15 is 0 Å². The summed E-state index contributed by atoms with van der Waals surface area (Å²) in [4.78, 5) is 25.6. The van der Waals surface area contributed by atoms with Crippen LogP contribution in [0.3, 0.4) is 0 Å². The van der Waals surface area contributed by atoms with E-state index < -0.39 is 0 Å². The van der Waals surface area contributed by atoms with E-state index in [1.54, 1.807) is 11.8 Å². The summed E-state index contributed by atoms with van der Waals surface area (Å²) in [6, 6.07) is 3.80. The van der Waals surface area contributed by atoms with Crippen molar-refractivity contribution in [1.82, 2.24) is 10.2 Å². The molecule has 2 N–H and O–H groups in total. The van der Waals surface area contributed by atoms with Gasteiger partial charge in [0.2, 0.25) is 0 Å². The van der Waals surface area contributed by atoms with Gasteiger partial charge in [-0.1, -0.05) is 15.9 Å². The second kappa shape index (κ2) is 8.37. The number of piperidine rings is 1. The monoisotopic (exact) mass is 397 g/mol. The Balaban J connectivity index is 1.85. The number of nitrogens with zero attached hydrogens (tertiary/aromatic N) is 1. The van der Waals surface area contributed by atoms with Gasteiger partial charge in [0.25, 0.3) is 0 Å². The van der Waals surface area contributed by atoms with Gasteiger partial charge in [-0.3, -0.25) is 0 Å². The number of rotatable bonds is 3. The zero-order valence-corrected chi connectivity index (χ0v) is 15.9. The van der Waals surface area contributed by atoms with E-state index in [0.717, 1.165) is 34.1 Å². The van der Waals surface area contributed by atoms with Gasteiger partial charge in [-0.15, -0.1) is 0 Å². The standard InChI is InChI=1S/C17H24BrN3O3/c1-4-24-17(23)21-7-5-14(6-8-21)19-16(22)20-15-11(2)9-13(18)10-12(15)3/h9-10,14H,4-8H2,1-3H3,(H2,19,20,22). The van der Waals surface area contributed by atoms with Crippen molar-refractivity contribution < 1.29 is 14.3 Å². The van der Waals surface area contributed by atoms with Crippen molar-refractivity contribution >= 4 is 33.7 Å². The highest BCUT2D eigenvalue weighted by Crippen LogP contribution is 2.25. The van der Waals surface area contributed by atoms with Crippen LogP contribution >= 0.6 is 15.9 Å². The summed E-state index contributed by atoms with van der Waals surface area (Å²) < 4.78 is 5.99. The molecule has 2 rings (SSSR count). The Hall–Kier alpha value is -1.76. The number of urea groups is 1. The number of benzene rings is 1. The molecule has 1 aliphatic rings. The number of halogens is 1. The zero-order chi connectivity index (χ0) is 17.7. The maximum Gasteiger partial charge on any atom is 0.409 e. The van der Waals surface area contributed by atoms with Crippen LogP contribution < -0.4 is 10.6 Å². The summed E-state index contributed by atoms with van der Waals surface area (Å²) in [5.74, 6) is 0. The van der Waals surface area contributed by atoms with E-state index in [4.69, 9.17) is 4.74 Å². The lowest BCUT2D eigenvalue weighted by Crippen LogP contribution is -2.47. The number of ether oxygens (including phenoxy) is 1. The Bertz CT molecular complexity index is 590. The Kier molecular flexibility index (Phi) is 6.48. The number of hydrogen-bond acceptors (Lipinski definition) is 3. The number of likely N-dealkylation sites (tertiary alicyclic amines) is 1. The molecular formula is C17H24BrN3O3. The topological polar surface area (TPSA) is 70.7 Å². The first-order valence-electron chi connectivity index (χ1n) is 8.16. The van der Waals surface area contributed by atoms with Crippen LogP contribution in [0.15, 0.2) is 16.6 Å². The van der Waals surface area contributed by atoms with E-state index in [2.05, 4.69) is 26.6 Å². The molecule has 0 unspecified atom stereocenters. The Morgan fingerprint density at radius 1 is 1.25 bits per heavy atom. The van der Waals surface area contributed by atoms with Gasteiger partial charge < -0.3 is 20.3 Å². The summed E-state index contributed by atoms with van der Waals surface area (Å²) in [5, 5.41) is 5.92. The van der Waals surface area contributed by atoms with Crippen LogP contribution in [0, 0.1) is 13.8 Å². The second-order valence-corrected chi connectivity index (χ2v) is 6.89. The molecule has 1 saturated heterocycles. The average Bonchev–Trinajstić information content (AvgIpc) is 2.52. The van der Waals surface area contributed by atoms with E-state index in [1.165, 1.54) is 0 Å². The third kappa shape index (κ3) is 4.87. The van der Waals surface area contributed by atoms with Crippen molar-refractivity contribution in [3.8, 4) is 0 Å². The molecule has 0 radical (unpaired) electrons. The number of hydrogen-bond donors (Lipinski definition) is 2. The highest BCUT2D eigenvalue weighted by atomic mass is 79.9. The minimum atomic E-state index is -0.276. The molecule has 0 spiro atoms. The van der Waals surface area contributed by atoms with Gasteiger partial charge in [0, 0.05) is 29.3 Å². The fourth-order valence-electron chi connectivity index (χ4n) is 2.86. The van der Waals surface area contributed by atoms with E-state index in [1.807, 2.05) is 26.0 Å². The van der Waals surface area contributed by atoms with Crippen molar-refractivity contribution in [3.63, 3.8) is 0 Å². The second-order valence-electron chi connectivity index (χ2n) is 5.97. The third-order valence-corrected chi connectivity index (χ3v) is 4.55. The lowest BCUT2D eigenvalue weighted by atomic mass is 10.1. The average molecular weight is 398 g/mol. The fourth-order valence-corrected chi connectivity index (χ4v) is 3.55. The summed E-state index contributed by atoms with van der Waals surface area (Å²) >= 11 is 3.45. The van der Waals surface area contributed by atoms with Crippen LogP contribution in [0.4, 0.5) is 15.3 Å². The van der Waals surface area contributed by atoms with Gasteiger partial charge >= 0.3 is 12.1 Å². The molecule has 1 aromatic rings. The number of nitrogens with one attached hydrogen (secondary N) is 2. The molecule has 1 fully saturated rings. The quantitative estimate of drug-likeness (QED) is 0.814. The molecule has 1 aliphatic heterocycles. The summed E-state index contributed by atoms with van der Waals surface area (Å²) in [7, 11) is 0. The zero-order valence-electron chi connectivity index (χ0n) is 14.3. The van der Waals surface area contributed by atoms with Gasteiger partial charge in [0.15, 0.2) is 0 Å². The summed E-state index contributed by atoms with van der Waals surface area (Å²) in [5.41, 5.74) is 2.85. The maximum absolute atomic E-state index is 12.2. The van der Waals surface area contributed by atoms with Gasteiger partial charge in [-0.2, -0.15) is 0 Å². The SMILES string of the molecule is CCOC(=O)N1CCC(NC(=O)Nc2c(C)cc(Br)cc2C)CC1. The van der Waals surface area contributed by atoms with E-state index in [9.17, 15) is 9.59 Å². The predicted octanol–water partition coefficient (Wildman–Crippen LogP) is 3.81. The first-order valence-corrected chi connectivity index (χ1v) is 8.96. The van der Waals surface area contributed by atoms with Crippen LogP contribution in [0.1, 0.15) is 30.9 Å². The molecule has 0 aliphatic carbocycles. The van der Waals surface area contributed by atoms with Crippen LogP contribution in [0.2, 0.25) is 0 Å². The Morgan fingerprint density at radius 2 is 1.83 bits per heavy atom. The number of aryl methyl sites for hydroxylation is 2. The minimum absolute atomic E-state index is 0.0618. The van der Waals surface area contributed by atoms with Crippen LogP contribution in [0.25, 0.3) is 0 Å². The number of anilines is 1. The molecule has 24 heavy (non-hydrogen) atoms. The molecule has 0 aromatic heterocycles. The van der Waals surface area contributed by atoms with Crippen molar-refractivity contribution in [2.45, 2.75) is 39.7 Å². The van der Waals surface area contributed by atoms with Crippen molar-refractivity contribution in [2.24, 2.45) is 0 Å². The molecule has 132 valence electrons. The van der Waals surface area contributed by atoms with Crippen LogP contribution in [-0.4, -0.2) is 42.8 Å². The first-order chi connectivity index (χ1) is 11.4. The molecule has 6 nitrogen and oxygen atoms in total. The van der Waals surface area contributed by atoms with E-state index in [0.29, 0.717) is 19.7 Å². The van der Waals surface area contributed by atoms with Crippen LogP contribution in [-0.2, 0) is 4.74 Å². The van der Waals surface area contributed by atoms with Crippen molar-refractivity contribution in [1.29, 1.82) is 0 Å². The maximum atomic E-state index is 12.2. The molecule has 3 amide bonds. The van der Waals surface area contributed by atoms with Gasteiger partial charge in [-0.05, 0) is 56.9 Å². The van der Waals surface area contributed by atoms with Crippen LogP contribution in [0.5, 0.6) is 0 Å². The molecule has 1 heterocycles. The lowest BCUT2D eigenvalue weighted by molar-refractivity contribution is 0.0959. The van der Waals surface area contributed by atoms with Gasteiger partial charge in [-0.25, -0.2) is 9.59 Å². The number of carbonyl (C=O) groups is 2.